The Morgan fingerprint density at radius 1 is 1.33 bits per heavy atom. The van der Waals surface area contributed by atoms with Crippen LogP contribution in [0.5, 0.6) is 0 Å². The van der Waals surface area contributed by atoms with E-state index in [9.17, 15) is 14.4 Å². The van der Waals surface area contributed by atoms with Gasteiger partial charge < -0.3 is 10.6 Å². The van der Waals surface area contributed by atoms with E-state index < -0.39 is 0 Å². The number of fused-ring (bicyclic) bond motifs is 3. The Balaban J connectivity index is 1.71. The number of rotatable bonds is 5. The molecule has 128 valence electrons. The van der Waals surface area contributed by atoms with E-state index in [2.05, 4.69) is 15.6 Å². The maximum Gasteiger partial charge on any atom is 0.262 e. The van der Waals surface area contributed by atoms with Crippen LogP contribution < -0.4 is 16.2 Å². The van der Waals surface area contributed by atoms with Gasteiger partial charge in [-0.15, -0.1) is 11.3 Å². The Kier molecular flexibility index (Phi) is 4.66. The summed E-state index contributed by atoms with van der Waals surface area (Å²) in [6.07, 6.45) is 4.38. The van der Waals surface area contributed by atoms with Crippen molar-refractivity contribution in [2.24, 2.45) is 0 Å². The van der Waals surface area contributed by atoms with Gasteiger partial charge in [0.25, 0.3) is 5.56 Å². The molecule has 0 aromatic carbocycles. The highest BCUT2D eigenvalue weighted by Gasteiger charge is 2.21. The van der Waals surface area contributed by atoms with E-state index in [-0.39, 0.29) is 36.5 Å². The van der Waals surface area contributed by atoms with Crippen LogP contribution in [0.15, 0.2) is 11.1 Å². The molecule has 2 amide bonds. The van der Waals surface area contributed by atoms with Gasteiger partial charge in [0, 0.05) is 10.9 Å². The van der Waals surface area contributed by atoms with Gasteiger partial charge in [-0.25, -0.2) is 4.98 Å². The summed E-state index contributed by atoms with van der Waals surface area (Å²) in [5.41, 5.74) is 0.916. The molecule has 2 heterocycles. The van der Waals surface area contributed by atoms with Crippen molar-refractivity contribution >= 4 is 33.4 Å². The summed E-state index contributed by atoms with van der Waals surface area (Å²) in [5, 5.41) is 5.86. The zero-order valence-electron chi connectivity index (χ0n) is 13.7. The Morgan fingerprint density at radius 2 is 2.12 bits per heavy atom. The molecule has 0 spiro atoms. The molecular formula is C16H20N4O3S. The molecule has 2 aromatic rings. The first kappa shape index (κ1) is 16.6. The normalized spacial score (nSPS) is 13.3. The fourth-order valence-electron chi connectivity index (χ4n) is 2.89. The van der Waals surface area contributed by atoms with Crippen molar-refractivity contribution in [2.45, 2.75) is 45.7 Å². The Hall–Kier alpha value is -2.22. The number of aromatic nitrogens is 2. The second kappa shape index (κ2) is 6.72. The maximum absolute atomic E-state index is 12.6. The summed E-state index contributed by atoms with van der Waals surface area (Å²) in [4.78, 5) is 42.5. The summed E-state index contributed by atoms with van der Waals surface area (Å²) in [6.45, 7) is 3.45. The molecule has 2 aromatic heterocycles. The second-order valence-corrected chi connectivity index (χ2v) is 7.30. The monoisotopic (exact) mass is 348 g/mol. The molecule has 0 unspecified atom stereocenters. The van der Waals surface area contributed by atoms with Gasteiger partial charge in [0.2, 0.25) is 11.8 Å². The molecule has 0 radical (unpaired) electrons. The topological polar surface area (TPSA) is 93.1 Å². The van der Waals surface area contributed by atoms with Gasteiger partial charge in [-0.3, -0.25) is 19.0 Å². The van der Waals surface area contributed by atoms with E-state index in [1.54, 1.807) is 11.3 Å². The fourth-order valence-corrected chi connectivity index (χ4v) is 4.11. The molecule has 3 rings (SSSR count). The fraction of sp³-hybridized carbons (Fsp3) is 0.500. The van der Waals surface area contributed by atoms with E-state index in [1.807, 2.05) is 13.8 Å². The summed E-state index contributed by atoms with van der Waals surface area (Å²) >= 11 is 1.57. The lowest BCUT2D eigenvalue weighted by Gasteiger charge is -2.10. The zero-order chi connectivity index (χ0) is 17.3. The molecule has 24 heavy (non-hydrogen) atoms. The van der Waals surface area contributed by atoms with Crippen molar-refractivity contribution in [1.29, 1.82) is 0 Å². The summed E-state index contributed by atoms with van der Waals surface area (Å²) in [6, 6.07) is 0.0179. The summed E-state index contributed by atoms with van der Waals surface area (Å²) < 4.78 is 1.31. The van der Waals surface area contributed by atoms with Gasteiger partial charge in [0.15, 0.2) is 0 Å². The van der Waals surface area contributed by atoms with Gasteiger partial charge in [-0.05, 0) is 38.7 Å². The molecular weight excluding hydrogens is 328 g/mol. The smallest absolute Gasteiger partial charge is 0.262 e. The number of nitrogens with zero attached hydrogens (tertiary/aromatic N) is 2. The van der Waals surface area contributed by atoms with Crippen LogP contribution in [0.1, 0.15) is 30.7 Å². The van der Waals surface area contributed by atoms with Crippen LogP contribution in [0.2, 0.25) is 0 Å². The highest BCUT2D eigenvalue weighted by molar-refractivity contribution is 7.18. The number of aryl methyl sites for hydroxylation is 2. The van der Waals surface area contributed by atoms with Gasteiger partial charge >= 0.3 is 0 Å². The van der Waals surface area contributed by atoms with Gasteiger partial charge in [-0.2, -0.15) is 0 Å². The second-order valence-electron chi connectivity index (χ2n) is 6.21. The number of carbonyl (C=O) groups excluding carboxylic acids is 2. The first-order valence-corrected chi connectivity index (χ1v) is 8.83. The van der Waals surface area contributed by atoms with E-state index in [0.29, 0.717) is 5.39 Å². The van der Waals surface area contributed by atoms with E-state index in [1.165, 1.54) is 15.8 Å². The Labute approximate surface area is 143 Å². The number of nitrogens with one attached hydrogen (secondary N) is 2. The van der Waals surface area contributed by atoms with E-state index in [4.69, 9.17) is 0 Å². The molecule has 2 N–H and O–H groups in total. The number of carbonyl (C=O) groups is 2. The molecule has 0 aliphatic heterocycles. The van der Waals surface area contributed by atoms with Crippen molar-refractivity contribution in [3.63, 3.8) is 0 Å². The van der Waals surface area contributed by atoms with Crippen molar-refractivity contribution in [1.82, 2.24) is 20.2 Å². The average Bonchev–Trinajstić information content (AvgIpc) is 3.08. The lowest BCUT2D eigenvalue weighted by molar-refractivity contribution is -0.126. The van der Waals surface area contributed by atoms with Crippen LogP contribution in [0.4, 0.5) is 0 Å². The highest BCUT2D eigenvalue weighted by Crippen LogP contribution is 2.34. The van der Waals surface area contributed by atoms with E-state index >= 15 is 0 Å². The third-order valence-corrected chi connectivity index (χ3v) is 5.10. The predicted octanol–water partition coefficient (Wildman–Crippen LogP) is 0.587. The number of hydrogen-bond donors (Lipinski definition) is 2. The largest absolute Gasteiger partial charge is 0.352 e. The third kappa shape index (κ3) is 3.33. The minimum Gasteiger partial charge on any atom is -0.352 e. The standard InChI is InChI=1S/C16H20N4O3S/c1-9(2)19-12(21)6-17-13(22)7-20-8-18-15-14(16(20)23)10-4-3-5-11(10)24-15/h8-9H,3-7H2,1-2H3,(H,17,22)(H,19,21). The quantitative estimate of drug-likeness (QED) is 0.827. The highest BCUT2D eigenvalue weighted by atomic mass is 32.1. The molecule has 8 heteroatoms. The van der Waals surface area contributed by atoms with Crippen molar-refractivity contribution < 1.29 is 9.59 Å². The first-order chi connectivity index (χ1) is 11.5. The third-order valence-electron chi connectivity index (χ3n) is 3.90. The Bertz CT molecular complexity index is 853. The van der Waals surface area contributed by atoms with Crippen LogP contribution in [0, 0.1) is 0 Å². The minimum atomic E-state index is -0.385. The molecule has 0 saturated heterocycles. The first-order valence-electron chi connectivity index (χ1n) is 8.01. The van der Waals surface area contributed by atoms with Gasteiger partial charge in [-0.1, -0.05) is 0 Å². The molecule has 1 aliphatic rings. The van der Waals surface area contributed by atoms with Crippen molar-refractivity contribution in [3.8, 4) is 0 Å². The predicted molar refractivity (Wildman–Crippen MR) is 92.2 cm³/mol. The Morgan fingerprint density at radius 3 is 2.88 bits per heavy atom. The summed E-state index contributed by atoms with van der Waals surface area (Å²) in [7, 11) is 0. The molecule has 0 fully saturated rings. The SMILES string of the molecule is CC(C)NC(=O)CNC(=O)Cn1cnc2sc3c(c2c1=O)CCC3. The van der Waals surface area contributed by atoms with Crippen LogP contribution in [-0.2, 0) is 29.0 Å². The minimum absolute atomic E-state index is 0.0179. The molecule has 0 saturated carbocycles. The van der Waals surface area contributed by atoms with Crippen LogP contribution in [0.25, 0.3) is 10.2 Å². The van der Waals surface area contributed by atoms with Gasteiger partial charge in [0.1, 0.15) is 11.4 Å². The van der Waals surface area contributed by atoms with Crippen LogP contribution in [0.3, 0.4) is 0 Å². The molecule has 1 aliphatic carbocycles. The molecule has 7 nitrogen and oxygen atoms in total. The van der Waals surface area contributed by atoms with E-state index in [0.717, 1.165) is 29.7 Å². The number of amides is 2. The number of hydrogen-bond acceptors (Lipinski definition) is 5. The van der Waals surface area contributed by atoms with Crippen molar-refractivity contribution in [2.75, 3.05) is 6.54 Å². The van der Waals surface area contributed by atoms with Crippen molar-refractivity contribution in [3.05, 3.63) is 27.1 Å². The number of thiophene rings is 1. The molecule has 0 bridgehead atoms. The van der Waals surface area contributed by atoms with Crippen LogP contribution >= 0.6 is 11.3 Å². The van der Waals surface area contributed by atoms with Gasteiger partial charge in [0.05, 0.1) is 18.3 Å². The van der Waals surface area contributed by atoms with Crippen LogP contribution in [-0.4, -0.2) is 34.0 Å². The maximum atomic E-state index is 12.6. The lowest BCUT2D eigenvalue weighted by atomic mass is 10.2. The summed E-state index contributed by atoms with van der Waals surface area (Å²) in [5.74, 6) is -0.640. The zero-order valence-corrected chi connectivity index (χ0v) is 14.5. The molecule has 0 atom stereocenters. The lowest BCUT2D eigenvalue weighted by Crippen LogP contribution is -2.41. The average molecular weight is 348 g/mol.